The van der Waals surface area contributed by atoms with Gasteiger partial charge in [0.2, 0.25) is 5.95 Å². The molecule has 0 saturated carbocycles. The zero-order chi connectivity index (χ0) is 23.1. The number of hydrogen-bond donors (Lipinski definition) is 1. The van der Waals surface area contributed by atoms with E-state index in [0.29, 0.717) is 24.6 Å². The van der Waals surface area contributed by atoms with Crippen molar-refractivity contribution in [1.82, 2.24) is 19.1 Å². The molecule has 170 valence electrons. The van der Waals surface area contributed by atoms with Crippen molar-refractivity contribution in [3.8, 4) is 0 Å². The number of H-pyrrole nitrogens is 1. The third-order valence-corrected chi connectivity index (χ3v) is 6.23. The Bertz CT molecular complexity index is 1430. The van der Waals surface area contributed by atoms with Gasteiger partial charge in [-0.15, -0.1) is 0 Å². The highest BCUT2D eigenvalue weighted by Crippen LogP contribution is 2.25. The number of anilines is 2. The molecule has 0 spiro atoms. The Morgan fingerprint density at radius 2 is 1.64 bits per heavy atom. The van der Waals surface area contributed by atoms with Crippen molar-refractivity contribution in [2.45, 2.75) is 13.5 Å². The van der Waals surface area contributed by atoms with Crippen molar-refractivity contribution in [2.24, 2.45) is 7.05 Å². The van der Waals surface area contributed by atoms with Gasteiger partial charge >= 0.3 is 5.69 Å². The van der Waals surface area contributed by atoms with Crippen molar-refractivity contribution in [3.05, 3.63) is 86.3 Å². The van der Waals surface area contributed by atoms with E-state index in [1.807, 2.05) is 0 Å². The molecular weight excluding hydrogens is 423 g/mol. The fourth-order valence-corrected chi connectivity index (χ4v) is 4.33. The number of nitrogens with zero attached hydrogens (tertiary/aromatic N) is 5. The molecule has 1 aliphatic rings. The molecule has 3 heterocycles. The number of hydrogen-bond acceptors (Lipinski definition) is 5. The molecule has 0 bridgehead atoms. The Morgan fingerprint density at radius 3 is 2.33 bits per heavy atom. The zero-order valence-electron chi connectivity index (χ0n) is 18.6. The fraction of sp³-hybridized carbons (Fsp3) is 0.292. The van der Waals surface area contributed by atoms with Crippen LogP contribution in [-0.2, 0) is 13.6 Å². The molecule has 4 aromatic rings. The van der Waals surface area contributed by atoms with Gasteiger partial charge in [-0.2, -0.15) is 4.98 Å². The van der Waals surface area contributed by atoms with Crippen LogP contribution < -0.4 is 21.0 Å². The molecule has 0 amide bonds. The van der Waals surface area contributed by atoms with Crippen LogP contribution in [0.1, 0.15) is 11.1 Å². The second-order valence-corrected chi connectivity index (χ2v) is 8.39. The molecule has 1 fully saturated rings. The SMILES string of the molecule is Cc1ccc(N2CCN(c3nc4c(c(=O)[nH]c(=O)n4C)n3Cc3ccccc3F)CC2)cc1. The fourth-order valence-electron chi connectivity index (χ4n) is 4.33. The van der Waals surface area contributed by atoms with Gasteiger partial charge in [0.05, 0.1) is 6.54 Å². The van der Waals surface area contributed by atoms with Crippen molar-refractivity contribution in [2.75, 3.05) is 36.0 Å². The third-order valence-electron chi connectivity index (χ3n) is 6.23. The summed E-state index contributed by atoms with van der Waals surface area (Å²) in [6.45, 7) is 5.12. The first-order valence-electron chi connectivity index (χ1n) is 10.9. The first-order chi connectivity index (χ1) is 15.9. The molecule has 1 N–H and O–H groups in total. The maximum absolute atomic E-state index is 14.5. The van der Waals surface area contributed by atoms with Crippen molar-refractivity contribution in [3.63, 3.8) is 0 Å². The summed E-state index contributed by atoms with van der Waals surface area (Å²) in [4.78, 5) is 36.3. The van der Waals surface area contributed by atoms with Gasteiger partial charge in [0.15, 0.2) is 11.2 Å². The van der Waals surface area contributed by atoms with Crippen LogP contribution in [0.5, 0.6) is 0 Å². The summed E-state index contributed by atoms with van der Waals surface area (Å²) in [5, 5.41) is 0. The van der Waals surface area contributed by atoms with Gasteiger partial charge in [-0.05, 0) is 25.1 Å². The number of aromatic nitrogens is 4. The molecule has 1 saturated heterocycles. The monoisotopic (exact) mass is 448 g/mol. The summed E-state index contributed by atoms with van der Waals surface area (Å²) in [7, 11) is 1.57. The molecule has 1 aliphatic heterocycles. The topological polar surface area (TPSA) is 79.2 Å². The molecule has 0 unspecified atom stereocenters. The normalized spacial score (nSPS) is 14.3. The van der Waals surface area contributed by atoms with Gasteiger partial charge in [-0.1, -0.05) is 35.9 Å². The van der Waals surface area contributed by atoms with E-state index in [-0.39, 0.29) is 23.5 Å². The highest BCUT2D eigenvalue weighted by molar-refractivity contribution is 5.74. The maximum Gasteiger partial charge on any atom is 0.329 e. The number of piperazine rings is 1. The van der Waals surface area contributed by atoms with Crippen molar-refractivity contribution in [1.29, 1.82) is 0 Å². The Morgan fingerprint density at radius 1 is 0.970 bits per heavy atom. The summed E-state index contributed by atoms with van der Waals surface area (Å²) in [5.41, 5.74) is 2.33. The van der Waals surface area contributed by atoms with Gasteiger partial charge in [-0.3, -0.25) is 18.9 Å². The van der Waals surface area contributed by atoms with E-state index in [0.717, 1.165) is 13.1 Å². The molecule has 5 rings (SSSR count). The molecule has 2 aromatic heterocycles. The summed E-state index contributed by atoms with van der Waals surface area (Å²) in [6.07, 6.45) is 0. The molecular formula is C24H25FN6O2. The Hall–Kier alpha value is -3.88. The molecule has 33 heavy (non-hydrogen) atoms. The second kappa shape index (κ2) is 8.23. The van der Waals surface area contributed by atoms with E-state index in [4.69, 9.17) is 0 Å². The van der Waals surface area contributed by atoms with Gasteiger partial charge < -0.3 is 9.80 Å². The van der Waals surface area contributed by atoms with Crippen molar-refractivity contribution < 1.29 is 4.39 Å². The minimum absolute atomic E-state index is 0.137. The van der Waals surface area contributed by atoms with E-state index in [1.54, 1.807) is 29.8 Å². The summed E-state index contributed by atoms with van der Waals surface area (Å²) >= 11 is 0. The maximum atomic E-state index is 14.5. The van der Waals surface area contributed by atoms with Crippen LogP contribution in [-0.4, -0.2) is 45.3 Å². The predicted octanol–water partition coefficient (Wildman–Crippen LogP) is 2.25. The van der Waals surface area contributed by atoms with Crippen LogP contribution in [0.25, 0.3) is 11.2 Å². The minimum atomic E-state index is -0.529. The van der Waals surface area contributed by atoms with Gasteiger partial charge in [0.25, 0.3) is 5.56 Å². The quantitative estimate of drug-likeness (QED) is 0.518. The smallest absolute Gasteiger partial charge is 0.329 e. The first kappa shape index (κ1) is 21.0. The predicted molar refractivity (Wildman–Crippen MR) is 127 cm³/mol. The molecule has 0 radical (unpaired) electrons. The van der Waals surface area contributed by atoms with Gasteiger partial charge in [0.1, 0.15) is 5.82 Å². The zero-order valence-corrected chi connectivity index (χ0v) is 18.6. The number of benzene rings is 2. The van der Waals surface area contributed by atoms with Crippen LogP contribution in [0.3, 0.4) is 0 Å². The second-order valence-electron chi connectivity index (χ2n) is 8.39. The summed E-state index contributed by atoms with van der Waals surface area (Å²) in [5.74, 6) is 0.208. The number of imidazole rings is 1. The molecule has 0 aliphatic carbocycles. The van der Waals surface area contributed by atoms with E-state index in [9.17, 15) is 14.0 Å². The van der Waals surface area contributed by atoms with E-state index in [1.165, 1.54) is 21.9 Å². The van der Waals surface area contributed by atoms with Crippen LogP contribution in [0, 0.1) is 12.7 Å². The molecule has 2 aromatic carbocycles. The number of aryl methyl sites for hydroxylation is 2. The number of fused-ring (bicyclic) bond motifs is 1. The Labute approximate surface area is 189 Å². The lowest BCUT2D eigenvalue weighted by Crippen LogP contribution is -2.47. The summed E-state index contributed by atoms with van der Waals surface area (Å²) < 4.78 is 17.5. The Balaban J connectivity index is 1.53. The van der Waals surface area contributed by atoms with Crippen LogP contribution in [0.15, 0.2) is 58.1 Å². The first-order valence-corrected chi connectivity index (χ1v) is 10.9. The lowest BCUT2D eigenvalue weighted by molar-refractivity contribution is 0.593. The highest BCUT2D eigenvalue weighted by atomic mass is 19.1. The van der Waals surface area contributed by atoms with Crippen LogP contribution in [0.4, 0.5) is 16.0 Å². The molecule has 8 nitrogen and oxygen atoms in total. The average Bonchev–Trinajstić information content (AvgIpc) is 3.20. The number of aromatic amines is 1. The number of halogens is 1. The summed E-state index contributed by atoms with van der Waals surface area (Å²) in [6, 6.07) is 14.9. The Kier molecular flexibility index (Phi) is 5.24. The van der Waals surface area contributed by atoms with Gasteiger partial charge in [0, 0.05) is 44.5 Å². The number of rotatable bonds is 4. The standard InChI is InChI=1S/C24H25FN6O2/c1-16-7-9-18(10-8-16)29-11-13-30(14-12-29)23-26-21-20(22(32)27-24(33)28(21)2)31(23)15-17-5-3-4-6-19(17)25/h3-10H,11-15H2,1-2H3,(H,27,32,33). The van der Waals surface area contributed by atoms with Crippen LogP contribution >= 0.6 is 0 Å². The average molecular weight is 449 g/mol. The largest absolute Gasteiger partial charge is 0.368 e. The minimum Gasteiger partial charge on any atom is -0.368 e. The van der Waals surface area contributed by atoms with E-state index in [2.05, 4.69) is 51.0 Å². The highest BCUT2D eigenvalue weighted by Gasteiger charge is 2.25. The van der Waals surface area contributed by atoms with E-state index >= 15 is 0 Å². The molecule has 9 heteroatoms. The van der Waals surface area contributed by atoms with Crippen LogP contribution in [0.2, 0.25) is 0 Å². The third kappa shape index (κ3) is 3.79. The lowest BCUT2D eigenvalue weighted by atomic mass is 10.2. The molecule has 0 atom stereocenters. The van der Waals surface area contributed by atoms with Gasteiger partial charge in [-0.25, -0.2) is 9.18 Å². The number of nitrogens with one attached hydrogen (secondary N) is 1. The van der Waals surface area contributed by atoms with E-state index < -0.39 is 11.2 Å². The lowest BCUT2D eigenvalue weighted by Gasteiger charge is -2.36. The van der Waals surface area contributed by atoms with Crippen molar-refractivity contribution >= 4 is 22.8 Å².